The Bertz CT molecular complexity index is 219. The van der Waals surface area contributed by atoms with E-state index in [1.807, 2.05) is 0 Å². The normalized spacial score (nSPS) is 26.9. The smallest absolute Gasteiger partial charge is 0.0617 e. The van der Waals surface area contributed by atoms with Gasteiger partial charge in [0.25, 0.3) is 0 Å². The molecule has 0 heterocycles. The van der Waals surface area contributed by atoms with E-state index in [0.717, 1.165) is 19.1 Å². The van der Waals surface area contributed by atoms with E-state index in [1.54, 1.807) is 0 Å². The van der Waals surface area contributed by atoms with Crippen LogP contribution in [0.2, 0.25) is 0 Å². The molecule has 2 N–H and O–H groups in total. The van der Waals surface area contributed by atoms with E-state index < -0.39 is 0 Å². The molecule has 0 amide bonds. The van der Waals surface area contributed by atoms with Crippen molar-refractivity contribution in [2.75, 3.05) is 13.2 Å². The molecule has 20 heavy (non-hydrogen) atoms. The van der Waals surface area contributed by atoms with E-state index in [1.165, 1.54) is 70.6 Å². The maximum absolute atomic E-state index is 6.19. The lowest BCUT2D eigenvalue weighted by Gasteiger charge is -2.35. The second kappa shape index (κ2) is 11.6. The van der Waals surface area contributed by atoms with Crippen LogP contribution >= 0.6 is 0 Å². The number of nitrogens with two attached hydrogens (primary N) is 1. The van der Waals surface area contributed by atoms with Crippen molar-refractivity contribution < 1.29 is 4.74 Å². The highest BCUT2D eigenvalue weighted by Crippen LogP contribution is 2.33. The van der Waals surface area contributed by atoms with E-state index in [4.69, 9.17) is 10.5 Å². The van der Waals surface area contributed by atoms with Crippen LogP contribution in [0.3, 0.4) is 0 Å². The SMILES string of the molecule is CCCCCCCCOC1CC(CCC)CCC1CN. The van der Waals surface area contributed by atoms with Crippen LogP contribution in [0, 0.1) is 11.8 Å². The third-order valence-corrected chi connectivity index (χ3v) is 4.87. The largest absolute Gasteiger partial charge is 0.378 e. The fourth-order valence-electron chi connectivity index (χ4n) is 3.54. The molecule has 2 heteroatoms. The molecule has 1 rings (SSSR count). The predicted molar refractivity (Wildman–Crippen MR) is 87.9 cm³/mol. The van der Waals surface area contributed by atoms with Gasteiger partial charge in [0.05, 0.1) is 6.10 Å². The van der Waals surface area contributed by atoms with Gasteiger partial charge in [0, 0.05) is 6.61 Å². The van der Waals surface area contributed by atoms with Crippen LogP contribution in [0.1, 0.15) is 84.5 Å². The number of ether oxygens (including phenoxy) is 1. The summed E-state index contributed by atoms with van der Waals surface area (Å²) < 4.78 is 6.19. The minimum Gasteiger partial charge on any atom is -0.378 e. The first kappa shape index (κ1) is 18.0. The summed E-state index contributed by atoms with van der Waals surface area (Å²) in [6, 6.07) is 0. The molecule has 1 aliphatic carbocycles. The van der Waals surface area contributed by atoms with Gasteiger partial charge in [-0.25, -0.2) is 0 Å². The van der Waals surface area contributed by atoms with Crippen LogP contribution in [0.25, 0.3) is 0 Å². The van der Waals surface area contributed by atoms with Crippen LogP contribution in [-0.2, 0) is 4.74 Å². The second-order valence-corrected chi connectivity index (χ2v) is 6.64. The summed E-state index contributed by atoms with van der Waals surface area (Å²) in [4.78, 5) is 0. The Balaban J connectivity index is 2.14. The second-order valence-electron chi connectivity index (χ2n) is 6.64. The molecular formula is C18H37NO. The van der Waals surface area contributed by atoms with Gasteiger partial charge in [-0.05, 0) is 44.1 Å². The minimum absolute atomic E-state index is 0.445. The van der Waals surface area contributed by atoms with Gasteiger partial charge in [-0.1, -0.05) is 58.8 Å². The molecule has 3 atom stereocenters. The van der Waals surface area contributed by atoms with Gasteiger partial charge in [-0.3, -0.25) is 0 Å². The van der Waals surface area contributed by atoms with Crippen LogP contribution in [0.5, 0.6) is 0 Å². The summed E-state index contributed by atoms with van der Waals surface area (Å²) in [5, 5.41) is 0. The highest BCUT2D eigenvalue weighted by Gasteiger charge is 2.29. The summed E-state index contributed by atoms with van der Waals surface area (Å²) in [6.07, 6.45) is 15.1. The molecule has 0 saturated heterocycles. The summed E-state index contributed by atoms with van der Waals surface area (Å²) >= 11 is 0. The Morgan fingerprint density at radius 3 is 2.40 bits per heavy atom. The van der Waals surface area contributed by atoms with Crippen LogP contribution in [0.15, 0.2) is 0 Å². The molecule has 0 aromatic rings. The van der Waals surface area contributed by atoms with Crippen molar-refractivity contribution in [3.05, 3.63) is 0 Å². The van der Waals surface area contributed by atoms with E-state index in [9.17, 15) is 0 Å². The molecule has 1 saturated carbocycles. The van der Waals surface area contributed by atoms with Crippen molar-refractivity contribution in [2.24, 2.45) is 17.6 Å². The molecule has 0 aliphatic heterocycles. The van der Waals surface area contributed by atoms with Crippen molar-refractivity contribution in [3.63, 3.8) is 0 Å². The van der Waals surface area contributed by atoms with Gasteiger partial charge in [0.15, 0.2) is 0 Å². The maximum Gasteiger partial charge on any atom is 0.0617 e. The van der Waals surface area contributed by atoms with Gasteiger partial charge in [0.1, 0.15) is 0 Å². The quantitative estimate of drug-likeness (QED) is 0.547. The summed E-state index contributed by atoms with van der Waals surface area (Å²) in [5.74, 6) is 1.50. The van der Waals surface area contributed by atoms with Gasteiger partial charge >= 0.3 is 0 Å². The molecule has 3 unspecified atom stereocenters. The topological polar surface area (TPSA) is 35.2 Å². The van der Waals surface area contributed by atoms with Gasteiger partial charge in [0.2, 0.25) is 0 Å². The van der Waals surface area contributed by atoms with Crippen molar-refractivity contribution in [1.29, 1.82) is 0 Å². The molecule has 120 valence electrons. The molecule has 0 spiro atoms. The Morgan fingerprint density at radius 1 is 0.950 bits per heavy atom. The third-order valence-electron chi connectivity index (χ3n) is 4.87. The zero-order valence-electron chi connectivity index (χ0n) is 13.9. The van der Waals surface area contributed by atoms with Crippen molar-refractivity contribution in [1.82, 2.24) is 0 Å². The number of hydrogen-bond donors (Lipinski definition) is 1. The Hall–Kier alpha value is -0.0800. The zero-order valence-corrected chi connectivity index (χ0v) is 13.9. The standard InChI is InChI=1S/C18H37NO/c1-3-5-6-7-8-9-13-20-18-14-16(10-4-2)11-12-17(18)15-19/h16-18H,3-15,19H2,1-2H3. The first-order valence-corrected chi connectivity index (χ1v) is 9.13. The first-order chi connectivity index (χ1) is 9.81. The zero-order chi connectivity index (χ0) is 14.6. The highest BCUT2D eigenvalue weighted by molar-refractivity contribution is 4.81. The van der Waals surface area contributed by atoms with Gasteiger partial charge < -0.3 is 10.5 Å². The molecule has 0 bridgehead atoms. The lowest BCUT2D eigenvalue weighted by atomic mass is 9.78. The Morgan fingerprint density at radius 2 is 1.70 bits per heavy atom. The molecule has 0 aromatic heterocycles. The maximum atomic E-state index is 6.19. The minimum atomic E-state index is 0.445. The van der Waals surface area contributed by atoms with Crippen molar-refractivity contribution >= 4 is 0 Å². The number of rotatable bonds is 11. The number of hydrogen-bond acceptors (Lipinski definition) is 2. The summed E-state index contributed by atoms with van der Waals surface area (Å²) in [7, 11) is 0. The van der Waals surface area contributed by atoms with E-state index in [0.29, 0.717) is 12.0 Å². The Labute approximate surface area is 126 Å². The molecule has 0 aromatic carbocycles. The van der Waals surface area contributed by atoms with E-state index >= 15 is 0 Å². The third kappa shape index (κ3) is 7.08. The number of unbranched alkanes of at least 4 members (excludes halogenated alkanes) is 5. The lowest BCUT2D eigenvalue weighted by Crippen LogP contribution is -2.36. The fraction of sp³-hybridized carbons (Fsp3) is 1.00. The van der Waals surface area contributed by atoms with E-state index in [-0.39, 0.29) is 0 Å². The lowest BCUT2D eigenvalue weighted by molar-refractivity contribution is -0.0258. The molecule has 2 nitrogen and oxygen atoms in total. The average Bonchev–Trinajstić information content (AvgIpc) is 2.47. The van der Waals surface area contributed by atoms with Crippen LogP contribution < -0.4 is 5.73 Å². The predicted octanol–water partition coefficient (Wildman–Crippen LogP) is 4.91. The summed E-state index contributed by atoms with van der Waals surface area (Å²) in [6.45, 7) is 6.32. The van der Waals surface area contributed by atoms with Gasteiger partial charge in [-0.2, -0.15) is 0 Å². The first-order valence-electron chi connectivity index (χ1n) is 9.13. The van der Waals surface area contributed by atoms with Crippen molar-refractivity contribution in [2.45, 2.75) is 90.6 Å². The van der Waals surface area contributed by atoms with Crippen molar-refractivity contribution in [3.8, 4) is 0 Å². The van der Waals surface area contributed by atoms with Gasteiger partial charge in [-0.15, -0.1) is 0 Å². The highest BCUT2D eigenvalue weighted by atomic mass is 16.5. The molecule has 1 fully saturated rings. The van der Waals surface area contributed by atoms with E-state index in [2.05, 4.69) is 13.8 Å². The molecule has 1 aliphatic rings. The summed E-state index contributed by atoms with van der Waals surface area (Å²) in [5.41, 5.74) is 5.92. The average molecular weight is 284 g/mol. The molecule has 0 radical (unpaired) electrons. The fourth-order valence-corrected chi connectivity index (χ4v) is 3.54. The molecular weight excluding hydrogens is 246 g/mol. The Kier molecular flexibility index (Phi) is 10.4. The van der Waals surface area contributed by atoms with Crippen LogP contribution in [0.4, 0.5) is 0 Å². The van der Waals surface area contributed by atoms with Crippen LogP contribution in [-0.4, -0.2) is 19.3 Å². The monoisotopic (exact) mass is 283 g/mol.